The summed E-state index contributed by atoms with van der Waals surface area (Å²) in [6.07, 6.45) is 0. The fourth-order valence-corrected chi connectivity index (χ4v) is 0.829. The minimum atomic E-state index is -0.341. The lowest BCUT2D eigenvalue weighted by molar-refractivity contribution is -0.131. The fraction of sp³-hybridized carbons (Fsp3) is 0.300. The van der Waals surface area contributed by atoms with Crippen molar-refractivity contribution in [3.63, 3.8) is 0 Å². The monoisotopic (exact) mass is 182 g/mol. The molecule has 0 fully saturated rings. The number of aliphatic hydroxyl groups excluding tert-OH is 1. The third-order valence-corrected chi connectivity index (χ3v) is 1.37. The highest BCUT2D eigenvalue weighted by molar-refractivity contribution is 5.69. The van der Waals surface area contributed by atoms with E-state index < -0.39 is 0 Å². The van der Waals surface area contributed by atoms with Gasteiger partial charge in [-0.25, -0.2) is 0 Å². The Morgan fingerprint density at radius 3 is 2.31 bits per heavy atom. The summed E-state index contributed by atoms with van der Waals surface area (Å²) in [4.78, 5) is 10.5. The highest BCUT2D eigenvalue weighted by Gasteiger charge is 1.96. The van der Waals surface area contributed by atoms with Crippen molar-refractivity contribution in [1.29, 1.82) is 0 Å². The maximum atomic E-state index is 10.5. The van der Waals surface area contributed by atoms with E-state index in [1.54, 1.807) is 24.3 Å². The van der Waals surface area contributed by atoms with Gasteiger partial charge in [-0.05, 0) is 17.7 Å². The quantitative estimate of drug-likeness (QED) is 0.559. The first kappa shape index (κ1) is 11.6. The van der Waals surface area contributed by atoms with Crippen LogP contribution < -0.4 is 4.74 Å². The molecule has 0 amide bonds. The molecular weight excluding hydrogens is 168 g/mol. The predicted octanol–water partition coefficient (Wildman–Crippen LogP) is 1.74. The van der Waals surface area contributed by atoms with Crippen molar-refractivity contribution in [3.05, 3.63) is 29.8 Å². The van der Waals surface area contributed by atoms with Crippen LogP contribution in [0.2, 0.25) is 0 Å². The Kier molecular flexibility index (Phi) is 4.77. The molecule has 1 rings (SSSR count). The summed E-state index contributed by atoms with van der Waals surface area (Å²) in [5.41, 5.74) is 0.797. The zero-order valence-corrected chi connectivity index (χ0v) is 6.78. The van der Waals surface area contributed by atoms with Crippen LogP contribution in [0.5, 0.6) is 5.75 Å². The van der Waals surface area contributed by atoms with Crippen molar-refractivity contribution < 1.29 is 14.6 Å². The molecule has 0 heterocycles. The summed E-state index contributed by atoms with van der Waals surface area (Å²) in [6, 6.07) is 6.70. The van der Waals surface area contributed by atoms with E-state index in [1.807, 2.05) is 0 Å². The second kappa shape index (κ2) is 5.32. The molecule has 0 atom stereocenters. The lowest BCUT2D eigenvalue weighted by Gasteiger charge is -2.00. The van der Waals surface area contributed by atoms with Gasteiger partial charge in [0.15, 0.2) is 0 Å². The fourth-order valence-electron chi connectivity index (χ4n) is 0.829. The molecule has 3 nitrogen and oxygen atoms in total. The van der Waals surface area contributed by atoms with Gasteiger partial charge in [0.05, 0.1) is 6.61 Å². The number of hydrogen-bond acceptors (Lipinski definition) is 3. The van der Waals surface area contributed by atoms with E-state index in [1.165, 1.54) is 6.92 Å². The lowest BCUT2D eigenvalue weighted by Crippen LogP contribution is -2.00. The van der Waals surface area contributed by atoms with Crippen LogP contribution in [-0.2, 0) is 11.4 Å². The van der Waals surface area contributed by atoms with Gasteiger partial charge >= 0.3 is 5.97 Å². The molecule has 0 aromatic heterocycles. The van der Waals surface area contributed by atoms with Crippen molar-refractivity contribution >= 4 is 5.97 Å². The van der Waals surface area contributed by atoms with Gasteiger partial charge in [-0.1, -0.05) is 19.6 Å². The van der Waals surface area contributed by atoms with E-state index in [2.05, 4.69) is 0 Å². The highest BCUT2D eigenvalue weighted by atomic mass is 16.5. The van der Waals surface area contributed by atoms with Crippen LogP contribution >= 0.6 is 0 Å². The third-order valence-electron chi connectivity index (χ3n) is 1.37. The number of hydrogen-bond donors (Lipinski definition) is 1. The standard InChI is InChI=1S/C9H10O3.CH4/c1-7(11)12-9-4-2-8(6-10)3-5-9;/h2-5,10H,6H2,1H3;1H4. The maximum Gasteiger partial charge on any atom is 0.308 e. The molecule has 0 aliphatic carbocycles. The Morgan fingerprint density at radius 1 is 1.38 bits per heavy atom. The second-order valence-corrected chi connectivity index (χ2v) is 2.40. The van der Waals surface area contributed by atoms with E-state index in [9.17, 15) is 4.79 Å². The summed E-state index contributed by atoms with van der Waals surface area (Å²) < 4.78 is 4.79. The van der Waals surface area contributed by atoms with Crippen LogP contribution in [0, 0.1) is 0 Å². The Labute approximate surface area is 78.0 Å². The summed E-state index contributed by atoms with van der Waals surface area (Å²) >= 11 is 0. The van der Waals surface area contributed by atoms with Crippen LogP contribution in [0.3, 0.4) is 0 Å². The molecule has 0 unspecified atom stereocenters. The van der Waals surface area contributed by atoms with Crippen molar-refractivity contribution in [2.45, 2.75) is 21.0 Å². The molecule has 0 bridgehead atoms. The molecule has 0 aliphatic rings. The zero-order chi connectivity index (χ0) is 8.97. The van der Waals surface area contributed by atoms with Gasteiger partial charge in [-0.15, -0.1) is 0 Å². The maximum absolute atomic E-state index is 10.5. The molecule has 3 heteroatoms. The molecule has 1 aromatic carbocycles. The number of aliphatic hydroxyl groups is 1. The summed E-state index contributed by atoms with van der Waals surface area (Å²) in [6.45, 7) is 1.35. The summed E-state index contributed by atoms with van der Waals surface area (Å²) in [7, 11) is 0. The van der Waals surface area contributed by atoms with Crippen molar-refractivity contribution in [3.8, 4) is 5.75 Å². The minimum absolute atomic E-state index is 0. The lowest BCUT2D eigenvalue weighted by atomic mass is 10.2. The Morgan fingerprint density at radius 2 is 1.92 bits per heavy atom. The average Bonchev–Trinajstić information content (AvgIpc) is 2.05. The minimum Gasteiger partial charge on any atom is -0.427 e. The third kappa shape index (κ3) is 3.71. The molecule has 1 aromatic rings. The number of carbonyl (C=O) groups is 1. The van der Waals surface area contributed by atoms with Crippen LogP contribution in [0.15, 0.2) is 24.3 Å². The van der Waals surface area contributed by atoms with Crippen LogP contribution in [-0.4, -0.2) is 11.1 Å². The molecule has 0 spiro atoms. The second-order valence-electron chi connectivity index (χ2n) is 2.40. The molecule has 0 saturated carbocycles. The van der Waals surface area contributed by atoms with E-state index in [4.69, 9.17) is 9.84 Å². The normalized spacial score (nSPS) is 8.77. The van der Waals surface area contributed by atoms with Crippen molar-refractivity contribution in [1.82, 2.24) is 0 Å². The van der Waals surface area contributed by atoms with E-state index >= 15 is 0 Å². The Bertz CT molecular complexity index is 264. The SMILES string of the molecule is C.CC(=O)Oc1ccc(CO)cc1. The van der Waals surface area contributed by atoms with Gasteiger partial charge in [0.25, 0.3) is 0 Å². The van der Waals surface area contributed by atoms with Crippen LogP contribution in [0.4, 0.5) is 0 Å². The van der Waals surface area contributed by atoms with Gasteiger partial charge in [0.1, 0.15) is 5.75 Å². The molecule has 13 heavy (non-hydrogen) atoms. The van der Waals surface area contributed by atoms with Gasteiger partial charge in [-0.2, -0.15) is 0 Å². The summed E-state index contributed by atoms with van der Waals surface area (Å²) in [5.74, 6) is 0.159. The topological polar surface area (TPSA) is 46.5 Å². The number of rotatable bonds is 2. The van der Waals surface area contributed by atoms with Crippen LogP contribution in [0.25, 0.3) is 0 Å². The largest absolute Gasteiger partial charge is 0.427 e. The van der Waals surface area contributed by atoms with Gasteiger partial charge < -0.3 is 9.84 Å². The molecule has 1 N–H and O–H groups in total. The Hall–Kier alpha value is -1.35. The van der Waals surface area contributed by atoms with Gasteiger partial charge in [0, 0.05) is 6.92 Å². The molecule has 72 valence electrons. The van der Waals surface area contributed by atoms with Gasteiger partial charge in [0.2, 0.25) is 0 Å². The molecule has 0 radical (unpaired) electrons. The number of carbonyl (C=O) groups excluding carboxylic acids is 1. The first-order valence-electron chi connectivity index (χ1n) is 3.60. The average molecular weight is 182 g/mol. The van der Waals surface area contributed by atoms with Crippen molar-refractivity contribution in [2.24, 2.45) is 0 Å². The zero-order valence-electron chi connectivity index (χ0n) is 6.78. The first-order chi connectivity index (χ1) is 5.72. The smallest absolute Gasteiger partial charge is 0.308 e. The Balaban J connectivity index is 0.00000144. The number of ether oxygens (including phenoxy) is 1. The van der Waals surface area contributed by atoms with E-state index in [0.29, 0.717) is 5.75 Å². The van der Waals surface area contributed by atoms with Crippen molar-refractivity contribution in [2.75, 3.05) is 0 Å². The molecule has 0 saturated heterocycles. The first-order valence-corrected chi connectivity index (χ1v) is 3.60. The molecular formula is C10H14O3. The highest BCUT2D eigenvalue weighted by Crippen LogP contribution is 2.11. The van der Waals surface area contributed by atoms with E-state index in [-0.39, 0.29) is 20.0 Å². The predicted molar refractivity (Wildman–Crippen MR) is 50.4 cm³/mol. The van der Waals surface area contributed by atoms with E-state index in [0.717, 1.165) is 5.56 Å². The number of benzene rings is 1. The summed E-state index contributed by atoms with van der Waals surface area (Å²) in [5, 5.41) is 8.70. The number of esters is 1. The van der Waals surface area contributed by atoms with Gasteiger partial charge in [-0.3, -0.25) is 4.79 Å². The van der Waals surface area contributed by atoms with Crippen LogP contribution in [0.1, 0.15) is 19.9 Å². The molecule has 0 aliphatic heterocycles.